The van der Waals surface area contributed by atoms with Crippen molar-refractivity contribution in [3.8, 4) is 0 Å². The Morgan fingerprint density at radius 3 is 2.17 bits per heavy atom. The van der Waals surface area contributed by atoms with Crippen molar-refractivity contribution in [2.75, 3.05) is 0 Å². The second kappa shape index (κ2) is 3.83. The van der Waals surface area contributed by atoms with E-state index in [1.807, 2.05) is 0 Å². The standard InChI is InChI=1S/C8H7ClF2O/c9-8(11)7(12)5-1-3-6(10)4-2-5/h1-4,7-8,12H. The van der Waals surface area contributed by atoms with Gasteiger partial charge in [-0.15, -0.1) is 0 Å². The second-order valence-corrected chi connectivity index (χ2v) is 2.75. The summed E-state index contributed by atoms with van der Waals surface area (Å²) in [5, 5.41) is 9.06. The third-order valence-electron chi connectivity index (χ3n) is 1.45. The van der Waals surface area contributed by atoms with E-state index < -0.39 is 17.6 Å². The largest absolute Gasteiger partial charge is 0.384 e. The zero-order valence-corrected chi connectivity index (χ0v) is 6.80. The van der Waals surface area contributed by atoms with Crippen molar-refractivity contribution in [3.63, 3.8) is 0 Å². The van der Waals surface area contributed by atoms with Gasteiger partial charge in [0.2, 0.25) is 5.63 Å². The van der Waals surface area contributed by atoms with Crippen LogP contribution in [0.3, 0.4) is 0 Å². The number of benzene rings is 1. The molecule has 12 heavy (non-hydrogen) atoms. The summed E-state index contributed by atoms with van der Waals surface area (Å²) in [6.07, 6.45) is -1.40. The van der Waals surface area contributed by atoms with Crippen LogP contribution >= 0.6 is 11.6 Å². The molecule has 1 rings (SSSR count). The molecule has 0 saturated heterocycles. The summed E-state index contributed by atoms with van der Waals surface area (Å²) < 4.78 is 24.6. The minimum absolute atomic E-state index is 0.263. The van der Waals surface area contributed by atoms with Crippen molar-refractivity contribution >= 4 is 11.6 Å². The molecule has 0 bridgehead atoms. The maximum Gasteiger partial charge on any atom is 0.203 e. The fraction of sp³-hybridized carbons (Fsp3) is 0.250. The molecule has 0 aliphatic heterocycles. The molecule has 0 heterocycles. The Morgan fingerprint density at radius 2 is 1.75 bits per heavy atom. The van der Waals surface area contributed by atoms with Crippen molar-refractivity contribution in [2.45, 2.75) is 11.7 Å². The van der Waals surface area contributed by atoms with Gasteiger partial charge in [0.1, 0.15) is 11.9 Å². The van der Waals surface area contributed by atoms with Gasteiger partial charge in [0.15, 0.2) is 0 Å². The molecule has 0 aliphatic carbocycles. The average Bonchev–Trinajstić information content (AvgIpc) is 2.04. The minimum Gasteiger partial charge on any atom is -0.384 e. The highest BCUT2D eigenvalue weighted by atomic mass is 35.5. The molecule has 1 N–H and O–H groups in total. The maximum absolute atomic E-state index is 12.3. The van der Waals surface area contributed by atoms with Crippen LogP contribution in [0, 0.1) is 5.82 Å². The molecular weight excluding hydrogens is 186 g/mol. The lowest BCUT2D eigenvalue weighted by molar-refractivity contribution is 0.120. The zero-order chi connectivity index (χ0) is 9.14. The molecule has 1 aromatic rings. The van der Waals surface area contributed by atoms with Gasteiger partial charge in [0.05, 0.1) is 0 Å². The van der Waals surface area contributed by atoms with Gasteiger partial charge in [0, 0.05) is 0 Å². The number of rotatable bonds is 2. The number of aliphatic hydroxyl groups excluding tert-OH is 1. The highest BCUT2D eigenvalue weighted by Crippen LogP contribution is 2.21. The highest BCUT2D eigenvalue weighted by Gasteiger charge is 2.16. The van der Waals surface area contributed by atoms with E-state index in [1.165, 1.54) is 12.1 Å². The van der Waals surface area contributed by atoms with Crippen molar-refractivity contribution in [1.29, 1.82) is 0 Å². The van der Waals surface area contributed by atoms with E-state index in [0.29, 0.717) is 0 Å². The van der Waals surface area contributed by atoms with Gasteiger partial charge in [-0.2, -0.15) is 0 Å². The first-order valence-electron chi connectivity index (χ1n) is 3.33. The quantitative estimate of drug-likeness (QED) is 0.714. The summed E-state index contributed by atoms with van der Waals surface area (Å²) in [6.45, 7) is 0. The number of halogens is 3. The number of hydrogen-bond acceptors (Lipinski definition) is 1. The van der Waals surface area contributed by atoms with E-state index in [-0.39, 0.29) is 5.56 Å². The Labute approximate surface area is 73.6 Å². The van der Waals surface area contributed by atoms with Crippen LogP contribution in [0.5, 0.6) is 0 Å². The lowest BCUT2D eigenvalue weighted by Crippen LogP contribution is -2.06. The van der Waals surface area contributed by atoms with Crippen LogP contribution in [-0.2, 0) is 0 Å². The molecule has 2 unspecified atom stereocenters. The number of alkyl halides is 2. The van der Waals surface area contributed by atoms with E-state index in [2.05, 4.69) is 0 Å². The van der Waals surface area contributed by atoms with Crippen LogP contribution in [0.15, 0.2) is 24.3 Å². The molecule has 1 nitrogen and oxygen atoms in total. The molecule has 0 spiro atoms. The lowest BCUT2D eigenvalue weighted by atomic mass is 10.1. The Morgan fingerprint density at radius 1 is 1.25 bits per heavy atom. The molecule has 0 aromatic heterocycles. The van der Waals surface area contributed by atoms with Crippen LogP contribution in [-0.4, -0.2) is 10.7 Å². The smallest absolute Gasteiger partial charge is 0.203 e. The molecule has 0 radical (unpaired) electrons. The van der Waals surface area contributed by atoms with Gasteiger partial charge in [-0.05, 0) is 17.7 Å². The SMILES string of the molecule is OC(c1ccc(F)cc1)C(F)Cl. The van der Waals surface area contributed by atoms with E-state index >= 15 is 0 Å². The van der Waals surface area contributed by atoms with Crippen LogP contribution in [0.4, 0.5) is 8.78 Å². The van der Waals surface area contributed by atoms with Gasteiger partial charge in [-0.1, -0.05) is 23.7 Å². The summed E-state index contributed by atoms with van der Waals surface area (Å²) >= 11 is 4.99. The topological polar surface area (TPSA) is 20.2 Å². The summed E-state index contributed by atoms with van der Waals surface area (Å²) in [7, 11) is 0. The molecule has 66 valence electrons. The maximum atomic E-state index is 12.3. The fourth-order valence-electron chi connectivity index (χ4n) is 0.805. The lowest BCUT2D eigenvalue weighted by Gasteiger charge is -2.09. The van der Waals surface area contributed by atoms with Crippen molar-refractivity contribution < 1.29 is 13.9 Å². The molecule has 0 saturated carbocycles. The summed E-state index contributed by atoms with van der Waals surface area (Å²) in [4.78, 5) is 0. The van der Waals surface area contributed by atoms with E-state index in [1.54, 1.807) is 0 Å². The zero-order valence-electron chi connectivity index (χ0n) is 6.05. The molecule has 0 fully saturated rings. The second-order valence-electron chi connectivity index (χ2n) is 2.33. The third kappa shape index (κ3) is 2.16. The molecule has 0 aliphatic rings. The molecule has 1 aromatic carbocycles. The van der Waals surface area contributed by atoms with Crippen LogP contribution < -0.4 is 0 Å². The Balaban J connectivity index is 2.82. The van der Waals surface area contributed by atoms with E-state index in [0.717, 1.165) is 12.1 Å². The fourth-order valence-corrected chi connectivity index (χ4v) is 0.951. The Hall–Kier alpha value is -0.670. The predicted molar refractivity (Wildman–Crippen MR) is 42.1 cm³/mol. The Kier molecular flexibility index (Phi) is 3.00. The third-order valence-corrected chi connectivity index (χ3v) is 1.69. The Bertz CT molecular complexity index is 248. The van der Waals surface area contributed by atoms with Crippen molar-refractivity contribution in [1.82, 2.24) is 0 Å². The number of hydrogen-bond donors (Lipinski definition) is 1. The van der Waals surface area contributed by atoms with Gasteiger partial charge in [-0.25, -0.2) is 8.78 Å². The minimum atomic E-state index is -1.87. The van der Waals surface area contributed by atoms with E-state index in [9.17, 15) is 8.78 Å². The molecular formula is C8H7ClF2O. The van der Waals surface area contributed by atoms with Crippen molar-refractivity contribution in [2.24, 2.45) is 0 Å². The summed E-state index contributed by atoms with van der Waals surface area (Å²) in [6, 6.07) is 4.85. The van der Waals surface area contributed by atoms with Gasteiger partial charge in [-0.3, -0.25) is 0 Å². The van der Waals surface area contributed by atoms with Gasteiger partial charge >= 0.3 is 0 Å². The normalized spacial score (nSPS) is 15.7. The number of aliphatic hydroxyl groups is 1. The van der Waals surface area contributed by atoms with E-state index in [4.69, 9.17) is 16.7 Å². The van der Waals surface area contributed by atoms with Gasteiger partial charge in [0.25, 0.3) is 0 Å². The first kappa shape index (κ1) is 9.42. The summed E-state index contributed by atoms with van der Waals surface area (Å²) in [5.41, 5.74) is -1.60. The monoisotopic (exact) mass is 192 g/mol. The summed E-state index contributed by atoms with van der Waals surface area (Å²) in [5.74, 6) is -0.434. The highest BCUT2D eigenvalue weighted by molar-refractivity contribution is 6.20. The van der Waals surface area contributed by atoms with Gasteiger partial charge < -0.3 is 5.11 Å². The average molecular weight is 193 g/mol. The van der Waals surface area contributed by atoms with Crippen molar-refractivity contribution in [3.05, 3.63) is 35.6 Å². The molecule has 0 amide bonds. The van der Waals surface area contributed by atoms with Crippen LogP contribution in [0.25, 0.3) is 0 Å². The predicted octanol–water partition coefficient (Wildman–Crippen LogP) is 2.39. The van der Waals surface area contributed by atoms with Crippen LogP contribution in [0.2, 0.25) is 0 Å². The first-order chi connectivity index (χ1) is 5.61. The van der Waals surface area contributed by atoms with Crippen LogP contribution in [0.1, 0.15) is 11.7 Å². The molecule has 4 heteroatoms. The first-order valence-corrected chi connectivity index (χ1v) is 3.76. The molecule has 2 atom stereocenters.